The number of thiocarbonyl (C=S) groups is 1. The summed E-state index contributed by atoms with van der Waals surface area (Å²) < 4.78 is 12.8. The zero-order valence-electron chi connectivity index (χ0n) is 5.54. The lowest BCUT2D eigenvalue weighted by Crippen LogP contribution is -2.11. The SMILES string of the molecule is NC(=S)c1cccc(O)c1F. The third-order valence-electron chi connectivity index (χ3n) is 1.24. The molecule has 58 valence electrons. The van der Waals surface area contributed by atoms with Crippen LogP contribution in [0.1, 0.15) is 5.56 Å². The predicted molar refractivity (Wildman–Crippen MR) is 44.0 cm³/mol. The molecule has 0 saturated carbocycles. The van der Waals surface area contributed by atoms with Crippen LogP contribution < -0.4 is 5.73 Å². The Morgan fingerprint density at radius 1 is 1.55 bits per heavy atom. The second-order valence-corrected chi connectivity index (χ2v) is 2.44. The van der Waals surface area contributed by atoms with Gasteiger partial charge in [-0.25, -0.2) is 4.39 Å². The fourth-order valence-corrected chi connectivity index (χ4v) is 0.868. The summed E-state index contributed by atoms with van der Waals surface area (Å²) in [4.78, 5) is -0.0570. The van der Waals surface area contributed by atoms with Crippen molar-refractivity contribution in [1.29, 1.82) is 0 Å². The van der Waals surface area contributed by atoms with Gasteiger partial charge in [-0.2, -0.15) is 0 Å². The van der Waals surface area contributed by atoms with Crippen molar-refractivity contribution < 1.29 is 9.50 Å². The second kappa shape index (κ2) is 2.84. The summed E-state index contributed by atoms with van der Waals surface area (Å²) in [6.07, 6.45) is 0. The van der Waals surface area contributed by atoms with Crippen molar-refractivity contribution in [2.45, 2.75) is 0 Å². The van der Waals surface area contributed by atoms with E-state index in [-0.39, 0.29) is 10.6 Å². The van der Waals surface area contributed by atoms with Gasteiger partial charge in [0.15, 0.2) is 11.6 Å². The second-order valence-electron chi connectivity index (χ2n) is 2.00. The highest BCUT2D eigenvalue weighted by Crippen LogP contribution is 2.17. The fourth-order valence-electron chi connectivity index (χ4n) is 0.710. The van der Waals surface area contributed by atoms with Crippen molar-refractivity contribution in [2.75, 3.05) is 0 Å². The van der Waals surface area contributed by atoms with Crippen molar-refractivity contribution >= 4 is 17.2 Å². The van der Waals surface area contributed by atoms with Gasteiger partial charge in [0.05, 0.1) is 0 Å². The lowest BCUT2D eigenvalue weighted by Gasteiger charge is -2.00. The summed E-state index contributed by atoms with van der Waals surface area (Å²) in [5.74, 6) is -1.20. The number of rotatable bonds is 1. The molecule has 11 heavy (non-hydrogen) atoms. The molecule has 2 nitrogen and oxygen atoms in total. The first-order chi connectivity index (χ1) is 5.13. The maximum atomic E-state index is 12.8. The molecule has 0 unspecified atom stereocenters. The van der Waals surface area contributed by atoms with Gasteiger partial charge < -0.3 is 10.8 Å². The van der Waals surface area contributed by atoms with Crippen LogP contribution in [-0.2, 0) is 0 Å². The van der Waals surface area contributed by atoms with Crippen LogP contribution in [0.25, 0.3) is 0 Å². The van der Waals surface area contributed by atoms with Crippen LogP contribution in [0.5, 0.6) is 5.75 Å². The highest BCUT2D eigenvalue weighted by atomic mass is 32.1. The van der Waals surface area contributed by atoms with Crippen molar-refractivity contribution in [3.05, 3.63) is 29.6 Å². The summed E-state index contributed by atoms with van der Waals surface area (Å²) >= 11 is 4.54. The van der Waals surface area contributed by atoms with Gasteiger partial charge in [0, 0.05) is 5.56 Å². The lowest BCUT2D eigenvalue weighted by atomic mass is 10.2. The standard InChI is InChI=1S/C7H6FNOS/c8-6-4(7(9)11)2-1-3-5(6)10/h1-3,10H,(H2,9,11). The quantitative estimate of drug-likeness (QED) is 0.623. The Morgan fingerprint density at radius 3 is 2.64 bits per heavy atom. The molecular formula is C7H6FNOS. The Balaban J connectivity index is 3.27. The smallest absolute Gasteiger partial charge is 0.174 e. The van der Waals surface area contributed by atoms with Gasteiger partial charge in [0.2, 0.25) is 0 Å². The topological polar surface area (TPSA) is 46.2 Å². The summed E-state index contributed by atoms with van der Waals surface area (Å²) in [5.41, 5.74) is 5.23. The Bertz CT molecular complexity index is 300. The van der Waals surface area contributed by atoms with E-state index >= 15 is 0 Å². The average molecular weight is 171 g/mol. The molecule has 0 aromatic heterocycles. The lowest BCUT2D eigenvalue weighted by molar-refractivity contribution is 0.432. The number of phenolic OH excluding ortho intramolecular Hbond substituents is 1. The molecule has 1 aromatic carbocycles. The highest BCUT2D eigenvalue weighted by molar-refractivity contribution is 7.80. The van der Waals surface area contributed by atoms with Gasteiger partial charge in [0.1, 0.15) is 4.99 Å². The summed E-state index contributed by atoms with van der Waals surface area (Å²) in [6, 6.07) is 4.13. The zero-order valence-corrected chi connectivity index (χ0v) is 6.36. The van der Waals surface area contributed by atoms with Crippen molar-refractivity contribution in [3.8, 4) is 5.75 Å². The van der Waals surface area contributed by atoms with E-state index in [2.05, 4.69) is 12.2 Å². The summed E-state index contributed by atoms with van der Waals surface area (Å²) in [5, 5.41) is 8.86. The van der Waals surface area contributed by atoms with Gasteiger partial charge in [-0.3, -0.25) is 0 Å². The molecule has 3 N–H and O–H groups in total. The van der Waals surface area contributed by atoms with Crippen molar-refractivity contribution in [3.63, 3.8) is 0 Å². The minimum atomic E-state index is -0.764. The number of phenols is 1. The van der Waals surface area contributed by atoms with E-state index in [1.165, 1.54) is 18.2 Å². The molecule has 0 bridgehead atoms. The highest BCUT2D eigenvalue weighted by Gasteiger charge is 2.07. The van der Waals surface area contributed by atoms with Gasteiger partial charge >= 0.3 is 0 Å². The fraction of sp³-hybridized carbons (Fsp3) is 0. The first-order valence-electron chi connectivity index (χ1n) is 2.90. The van der Waals surface area contributed by atoms with Crippen LogP contribution in [0, 0.1) is 5.82 Å². The molecule has 0 atom stereocenters. The number of aromatic hydroxyl groups is 1. The van der Waals surface area contributed by atoms with Gasteiger partial charge in [0.25, 0.3) is 0 Å². The summed E-state index contributed by atoms with van der Waals surface area (Å²) in [6.45, 7) is 0. The molecule has 0 aliphatic heterocycles. The number of hydrogen-bond donors (Lipinski definition) is 2. The minimum Gasteiger partial charge on any atom is -0.505 e. The molecule has 0 heterocycles. The van der Waals surface area contributed by atoms with Crippen molar-refractivity contribution in [2.24, 2.45) is 5.73 Å². The van der Waals surface area contributed by atoms with Crippen LogP contribution in [0.2, 0.25) is 0 Å². The van der Waals surface area contributed by atoms with Gasteiger partial charge in [-0.1, -0.05) is 18.3 Å². The molecular weight excluding hydrogens is 165 g/mol. The van der Waals surface area contributed by atoms with Crippen LogP contribution >= 0.6 is 12.2 Å². The van der Waals surface area contributed by atoms with Crippen LogP contribution in [0.3, 0.4) is 0 Å². The molecule has 0 spiro atoms. The Kier molecular flexibility index (Phi) is 2.05. The van der Waals surface area contributed by atoms with E-state index in [1.54, 1.807) is 0 Å². The molecule has 0 amide bonds. The van der Waals surface area contributed by atoms with Crippen LogP contribution in [0.4, 0.5) is 4.39 Å². The third kappa shape index (κ3) is 1.46. The Morgan fingerprint density at radius 2 is 2.18 bits per heavy atom. The zero-order chi connectivity index (χ0) is 8.43. The van der Waals surface area contributed by atoms with Crippen LogP contribution in [-0.4, -0.2) is 10.1 Å². The molecule has 0 saturated heterocycles. The summed E-state index contributed by atoms with van der Waals surface area (Å²) in [7, 11) is 0. The predicted octanol–water partition coefficient (Wildman–Crippen LogP) is 1.17. The Labute approximate surface area is 68.5 Å². The number of benzene rings is 1. The monoisotopic (exact) mass is 171 g/mol. The molecule has 0 fully saturated rings. The normalized spacial score (nSPS) is 9.55. The van der Waals surface area contributed by atoms with Crippen molar-refractivity contribution in [1.82, 2.24) is 0 Å². The third-order valence-corrected chi connectivity index (χ3v) is 1.46. The number of nitrogens with two attached hydrogens (primary N) is 1. The Hall–Kier alpha value is -1.16. The minimum absolute atomic E-state index is 0.0570. The molecule has 0 aliphatic rings. The molecule has 1 aromatic rings. The number of halogens is 1. The van der Waals surface area contributed by atoms with Crippen LogP contribution in [0.15, 0.2) is 18.2 Å². The molecule has 0 radical (unpaired) electrons. The molecule has 0 aliphatic carbocycles. The average Bonchev–Trinajstić information content (AvgIpc) is 1.94. The maximum Gasteiger partial charge on any atom is 0.174 e. The molecule has 1 rings (SSSR count). The number of hydrogen-bond acceptors (Lipinski definition) is 2. The maximum absolute atomic E-state index is 12.8. The van der Waals surface area contributed by atoms with E-state index in [0.29, 0.717) is 0 Å². The van der Waals surface area contributed by atoms with Gasteiger partial charge in [-0.05, 0) is 12.1 Å². The first kappa shape index (κ1) is 7.94. The molecule has 4 heteroatoms. The van der Waals surface area contributed by atoms with E-state index < -0.39 is 11.6 Å². The first-order valence-corrected chi connectivity index (χ1v) is 3.31. The van der Waals surface area contributed by atoms with Gasteiger partial charge in [-0.15, -0.1) is 0 Å². The van der Waals surface area contributed by atoms with E-state index in [1.807, 2.05) is 0 Å². The van der Waals surface area contributed by atoms with E-state index in [9.17, 15) is 4.39 Å². The van der Waals surface area contributed by atoms with E-state index in [0.717, 1.165) is 0 Å². The van der Waals surface area contributed by atoms with E-state index in [4.69, 9.17) is 10.8 Å². The largest absolute Gasteiger partial charge is 0.505 e.